The fourth-order valence-corrected chi connectivity index (χ4v) is 4.24. The molecule has 1 atom stereocenters. The van der Waals surface area contributed by atoms with Crippen LogP contribution in [0.1, 0.15) is 48.3 Å². The number of nitrogens with one attached hydrogen (secondary N) is 1. The van der Waals surface area contributed by atoms with Crippen LogP contribution in [0, 0.1) is 9.49 Å². The molecule has 1 aromatic carbocycles. The molecule has 0 aliphatic rings. The Morgan fingerprint density at radius 2 is 1.95 bits per heavy atom. The van der Waals surface area contributed by atoms with Crippen molar-refractivity contribution in [1.29, 1.82) is 0 Å². The number of benzene rings is 1. The Bertz CT molecular complexity index is 621. The molecule has 0 fully saturated rings. The molecule has 4 heteroatoms. The second-order valence-corrected chi connectivity index (χ2v) is 7.75. The standard InChI is InChI=1S/C17H20INOS/c1-11(2)10-12(3)13-6-4-5-7-15(13)19-17(20)16-14(18)8-9-21-16/h4-9,11-12H,10H2,1-3H3,(H,19,20). The molecule has 0 spiro atoms. The molecule has 0 saturated carbocycles. The number of amides is 1. The fraction of sp³-hybridized carbons (Fsp3) is 0.353. The van der Waals surface area contributed by atoms with E-state index in [1.165, 1.54) is 16.9 Å². The maximum atomic E-state index is 12.4. The maximum Gasteiger partial charge on any atom is 0.266 e. The molecule has 1 heterocycles. The molecule has 1 aromatic heterocycles. The lowest BCUT2D eigenvalue weighted by Crippen LogP contribution is -2.14. The van der Waals surface area contributed by atoms with Gasteiger partial charge in [-0.15, -0.1) is 11.3 Å². The fourth-order valence-electron chi connectivity index (χ4n) is 2.51. The summed E-state index contributed by atoms with van der Waals surface area (Å²) in [5.41, 5.74) is 2.14. The average molecular weight is 413 g/mol. The highest BCUT2D eigenvalue weighted by molar-refractivity contribution is 14.1. The Balaban J connectivity index is 2.21. The molecular weight excluding hydrogens is 393 g/mol. The van der Waals surface area contributed by atoms with Crippen LogP contribution in [0.5, 0.6) is 0 Å². The van der Waals surface area contributed by atoms with Crippen molar-refractivity contribution in [2.24, 2.45) is 5.92 Å². The summed E-state index contributed by atoms with van der Waals surface area (Å²) in [7, 11) is 0. The van der Waals surface area contributed by atoms with Crippen LogP contribution >= 0.6 is 33.9 Å². The largest absolute Gasteiger partial charge is 0.321 e. The second-order valence-electron chi connectivity index (χ2n) is 5.67. The van der Waals surface area contributed by atoms with E-state index < -0.39 is 0 Å². The van der Waals surface area contributed by atoms with E-state index in [0.717, 1.165) is 20.6 Å². The molecule has 1 N–H and O–H groups in total. The van der Waals surface area contributed by atoms with E-state index in [4.69, 9.17) is 0 Å². The molecule has 0 aliphatic heterocycles. The summed E-state index contributed by atoms with van der Waals surface area (Å²) in [5.74, 6) is 1.06. The topological polar surface area (TPSA) is 29.1 Å². The summed E-state index contributed by atoms with van der Waals surface area (Å²) >= 11 is 3.68. The summed E-state index contributed by atoms with van der Waals surface area (Å²) in [6.45, 7) is 6.68. The van der Waals surface area contributed by atoms with Gasteiger partial charge < -0.3 is 5.32 Å². The van der Waals surface area contributed by atoms with Crippen LogP contribution in [0.15, 0.2) is 35.7 Å². The van der Waals surface area contributed by atoms with Crippen LogP contribution < -0.4 is 5.32 Å². The number of hydrogen-bond donors (Lipinski definition) is 1. The first kappa shape index (κ1) is 16.5. The molecule has 1 amide bonds. The smallest absolute Gasteiger partial charge is 0.266 e. The van der Waals surface area contributed by atoms with Crippen molar-refractivity contribution in [3.05, 3.63) is 49.7 Å². The van der Waals surface area contributed by atoms with Gasteiger partial charge >= 0.3 is 0 Å². The normalized spacial score (nSPS) is 12.4. The number of halogens is 1. The first-order valence-corrected chi connectivity index (χ1v) is 9.08. The minimum atomic E-state index is -0.0152. The number of carbonyl (C=O) groups excluding carboxylic acids is 1. The number of hydrogen-bond acceptors (Lipinski definition) is 2. The van der Waals surface area contributed by atoms with Crippen molar-refractivity contribution < 1.29 is 4.79 Å². The molecule has 0 saturated heterocycles. The zero-order valence-corrected chi connectivity index (χ0v) is 15.5. The summed E-state index contributed by atoms with van der Waals surface area (Å²) < 4.78 is 1.00. The van der Waals surface area contributed by atoms with Crippen LogP contribution in [0.2, 0.25) is 0 Å². The molecule has 0 bridgehead atoms. The van der Waals surface area contributed by atoms with Crippen LogP contribution in [0.4, 0.5) is 5.69 Å². The molecular formula is C17H20INOS. The molecule has 2 aromatic rings. The molecule has 2 nitrogen and oxygen atoms in total. The maximum absolute atomic E-state index is 12.4. The van der Waals surface area contributed by atoms with Crippen LogP contribution in [0.3, 0.4) is 0 Å². The van der Waals surface area contributed by atoms with E-state index in [1.54, 1.807) is 0 Å². The summed E-state index contributed by atoms with van der Waals surface area (Å²) in [6, 6.07) is 10.1. The molecule has 21 heavy (non-hydrogen) atoms. The Morgan fingerprint density at radius 1 is 1.24 bits per heavy atom. The van der Waals surface area contributed by atoms with Crippen molar-refractivity contribution >= 4 is 45.5 Å². The zero-order chi connectivity index (χ0) is 15.4. The van der Waals surface area contributed by atoms with Gasteiger partial charge in [-0.05, 0) is 63.9 Å². The van der Waals surface area contributed by atoms with Gasteiger partial charge in [-0.3, -0.25) is 4.79 Å². The highest BCUT2D eigenvalue weighted by Gasteiger charge is 2.16. The number of thiophene rings is 1. The van der Waals surface area contributed by atoms with Gasteiger partial charge in [0.2, 0.25) is 0 Å². The van der Waals surface area contributed by atoms with Crippen LogP contribution in [-0.2, 0) is 0 Å². The zero-order valence-electron chi connectivity index (χ0n) is 12.5. The summed E-state index contributed by atoms with van der Waals surface area (Å²) in [5, 5.41) is 5.02. The van der Waals surface area contributed by atoms with Gasteiger partial charge in [0.05, 0.1) is 0 Å². The monoisotopic (exact) mass is 413 g/mol. The minimum Gasteiger partial charge on any atom is -0.321 e. The number of anilines is 1. The van der Waals surface area contributed by atoms with Crippen molar-refractivity contribution in [1.82, 2.24) is 0 Å². The molecule has 112 valence electrons. The third kappa shape index (κ3) is 4.30. The highest BCUT2D eigenvalue weighted by Crippen LogP contribution is 2.30. The summed E-state index contributed by atoms with van der Waals surface area (Å²) in [4.78, 5) is 13.2. The lowest BCUT2D eigenvalue weighted by Gasteiger charge is -2.18. The van der Waals surface area contributed by atoms with Gasteiger partial charge in [0.25, 0.3) is 5.91 Å². The van der Waals surface area contributed by atoms with Crippen molar-refractivity contribution in [3.8, 4) is 0 Å². The first-order chi connectivity index (χ1) is 9.99. The van der Waals surface area contributed by atoms with Crippen LogP contribution in [0.25, 0.3) is 0 Å². The lowest BCUT2D eigenvalue weighted by atomic mass is 9.91. The van der Waals surface area contributed by atoms with Gasteiger partial charge in [-0.1, -0.05) is 39.0 Å². The Hall–Kier alpha value is -0.880. The molecule has 2 rings (SSSR count). The quantitative estimate of drug-likeness (QED) is 0.621. The SMILES string of the molecule is CC(C)CC(C)c1ccccc1NC(=O)c1sccc1I. The lowest BCUT2D eigenvalue weighted by molar-refractivity contribution is 0.102. The van der Waals surface area contributed by atoms with E-state index >= 15 is 0 Å². The van der Waals surface area contributed by atoms with E-state index in [-0.39, 0.29) is 5.91 Å². The van der Waals surface area contributed by atoms with Gasteiger partial charge in [0, 0.05) is 9.26 Å². The third-order valence-corrected chi connectivity index (χ3v) is 5.57. The van der Waals surface area contributed by atoms with Gasteiger partial charge in [-0.25, -0.2) is 0 Å². The second kappa shape index (κ2) is 7.40. The van der Waals surface area contributed by atoms with E-state index in [9.17, 15) is 4.79 Å². The van der Waals surface area contributed by atoms with Crippen LogP contribution in [-0.4, -0.2) is 5.91 Å². The number of para-hydroxylation sites is 1. The van der Waals surface area contributed by atoms with Crippen molar-refractivity contribution in [2.75, 3.05) is 5.32 Å². The van der Waals surface area contributed by atoms with Crippen molar-refractivity contribution in [3.63, 3.8) is 0 Å². The minimum absolute atomic E-state index is 0.0152. The molecule has 0 radical (unpaired) electrons. The Labute approximate surface area is 144 Å². The third-order valence-electron chi connectivity index (χ3n) is 3.39. The van der Waals surface area contributed by atoms with E-state index in [0.29, 0.717) is 11.8 Å². The number of rotatable bonds is 5. The molecule has 0 aliphatic carbocycles. The molecule has 1 unspecified atom stereocenters. The highest BCUT2D eigenvalue weighted by atomic mass is 127. The average Bonchev–Trinajstić information content (AvgIpc) is 2.84. The number of carbonyl (C=O) groups is 1. The van der Waals surface area contributed by atoms with Crippen molar-refractivity contribution in [2.45, 2.75) is 33.1 Å². The van der Waals surface area contributed by atoms with Gasteiger partial charge in [0.1, 0.15) is 4.88 Å². The van der Waals surface area contributed by atoms with E-state index in [1.807, 2.05) is 29.6 Å². The Morgan fingerprint density at radius 3 is 2.57 bits per heavy atom. The van der Waals surface area contributed by atoms with E-state index in [2.05, 4.69) is 54.7 Å². The Kier molecular flexibility index (Phi) is 5.81. The summed E-state index contributed by atoms with van der Waals surface area (Å²) in [6.07, 6.45) is 1.11. The van der Waals surface area contributed by atoms with Gasteiger partial charge in [0.15, 0.2) is 0 Å². The predicted molar refractivity (Wildman–Crippen MR) is 99.3 cm³/mol. The van der Waals surface area contributed by atoms with Gasteiger partial charge in [-0.2, -0.15) is 0 Å². The first-order valence-electron chi connectivity index (χ1n) is 7.12. The predicted octanol–water partition coefficient (Wildman–Crippen LogP) is 5.75.